The average molecular weight is 436 g/mol. The van der Waals surface area contributed by atoms with Crippen LogP contribution in [0.15, 0.2) is 36.7 Å². The van der Waals surface area contributed by atoms with Gasteiger partial charge in [0.05, 0.1) is 6.20 Å². The third-order valence-electron chi connectivity index (χ3n) is 7.81. The number of ether oxygens (including phenoxy) is 1. The minimum absolute atomic E-state index is 0.288. The Morgan fingerprint density at radius 1 is 1.03 bits per heavy atom. The van der Waals surface area contributed by atoms with E-state index in [1.54, 1.807) is 22.8 Å². The lowest BCUT2D eigenvalue weighted by atomic mass is 9.92. The van der Waals surface area contributed by atoms with E-state index in [0.717, 1.165) is 43.7 Å². The summed E-state index contributed by atoms with van der Waals surface area (Å²) in [6.45, 7) is 3.67. The summed E-state index contributed by atoms with van der Waals surface area (Å²) >= 11 is 0. The average Bonchev–Trinajstić information content (AvgIpc) is 3.39. The molecule has 3 atom stereocenters. The number of benzene rings is 1. The lowest BCUT2D eigenvalue weighted by Gasteiger charge is -2.33. The molecule has 1 aromatic carbocycles. The van der Waals surface area contributed by atoms with E-state index in [0.29, 0.717) is 35.2 Å². The number of fused-ring (bicyclic) bond motifs is 6. The SMILES string of the molecule is CN1CCN2C[C@@H]3CCCC3CCC2COc2ccc(F)c(c2)-c2cnn3ccc1nc23. The fraction of sp³-hybridized carbons (Fsp3) is 0.520. The first-order valence-electron chi connectivity index (χ1n) is 11.9. The van der Waals surface area contributed by atoms with Crippen molar-refractivity contribution in [3.8, 4) is 16.9 Å². The molecule has 1 aliphatic carbocycles. The van der Waals surface area contributed by atoms with Crippen LogP contribution in [0.1, 0.15) is 32.1 Å². The molecule has 6 rings (SSSR count). The van der Waals surface area contributed by atoms with E-state index in [9.17, 15) is 4.39 Å². The molecule has 1 saturated carbocycles. The fourth-order valence-corrected chi connectivity index (χ4v) is 5.88. The molecule has 7 heteroatoms. The number of likely N-dealkylation sites (N-methyl/N-ethyl adjacent to an activating group) is 1. The van der Waals surface area contributed by atoms with Gasteiger partial charge in [0.1, 0.15) is 24.0 Å². The van der Waals surface area contributed by atoms with Crippen LogP contribution in [0.25, 0.3) is 16.8 Å². The van der Waals surface area contributed by atoms with E-state index in [1.807, 2.05) is 12.3 Å². The van der Waals surface area contributed by atoms with E-state index < -0.39 is 0 Å². The number of hydrogen-bond donors (Lipinski definition) is 0. The lowest BCUT2D eigenvalue weighted by molar-refractivity contribution is 0.127. The van der Waals surface area contributed by atoms with Crippen LogP contribution in [0.3, 0.4) is 0 Å². The molecule has 32 heavy (non-hydrogen) atoms. The van der Waals surface area contributed by atoms with Gasteiger partial charge in [0.25, 0.3) is 0 Å². The molecule has 2 aromatic heterocycles. The number of nitrogens with zero attached hydrogens (tertiary/aromatic N) is 5. The monoisotopic (exact) mass is 435 g/mol. The van der Waals surface area contributed by atoms with Gasteiger partial charge in [-0.05, 0) is 55.4 Å². The van der Waals surface area contributed by atoms with E-state index in [1.165, 1.54) is 31.7 Å². The molecule has 1 saturated heterocycles. The minimum Gasteiger partial charge on any atom is -0.492 e. The highest BCUT2D eigenvalue weighted by Crippen LogP contribution is 2.39. The van der Waals surface area contributed by atoms with Crippen molar-refractivity contribution in [1.29, 1.82) is 0 Å². The Morgan fingerprint density at radius 3 is 2.88 bits per heavy atom. The predicted molar refractivity (Wildman–Crippen MR) is 123 cm³/mol. The van der Waals surface area contributed by atoms with Crippen molar-refractivity contribution in [2.75, 3.05) is 38.2 Å². The van der Waals surface area contributed by atoms with Crippen molar-refractivity contribution >= 4 is 11.5 Å². The highest BCUT2D eigenvalue weighted by molar-refractivity contribution is 5.78. The quantitative estimate of drug-likeness (QED) is 0.528. The Bertz CT molecular complexity index is 1130. The Balaban J connectivity index is 1.40. The van der Waals surface area contributed by atoms with Crippen molar-refractivity contribution in [3.63, 3.8) is 0 Å². The summed E-state index contributed by atoms with van der Waals surface area (Å²) in [7, 11) is 2.09. The Hall–Kier alpha value is -2.67. The molecule has 0 N–H and O–H groups in total. The van der Waals surface area contributed by atoms with Crippen molar-refractivity contribution in [1.82, 2.24) is 19.5 Å². The molecular formula is C25H30FN5O. The van der Waals surface area contributed by atoms with Crippen LogP contribution in [0.4, 0.5) is 10.2 Å². The van der Waals surface area contributed by atoms with Crippen LogP contribution in [-0.2, 0) is 0 Å². The maximum absolute atomic E-state index is 14.8. The van der Waals surface area contributed by atoms with Gasteiger partial charge in [0.15, 0.2) is 5.65 Å². The molecular weight excluding hydrogens is 405 g/mol. The third kappa shape index (κ3) is 3.52. The van der Waals surface area contributed by atoms with Gasteiger partial charge in [-0.15, -0.1) is 0 Å². The van der Waals surface area contributed by atoms with Crippen LogP contribution in [0.5, 0.6) is 5.75 Å². The largest absolute Gasteiger partial charge is 0.492 e. The number of aromatic nitrogens is 3. The molecule has 4 bridgehead atoms. The van der Waals surface area contributed by atoms with Crippen LogP contribution in [0.2, 0.25) is 0 Å². The molecule has 0 radical (unpaired) electrons. The molecule has 0 spiro atoms. The second-order valence-electron chi connectivity index (χ2n) is 9.66. The summed E-state index contributed by atoms with van der Waals surface area (Å²) in [5.74, 6) is 2.97. The van der Waals surface area contributed by atoms with Gasteiger partial charge in [-0.2, -0.15) is 5.10 Å². The smallest absolute Gasteiger partial charge is 0.165 e. The summed E-state index contributed by atoms with van der Waals surface area (Å²) in [5.41, 5.74) is 1.82. The molecule has 4 heterocycles. The first kappa shape index (κ1) is 20.0. The number of hydrogen-bond acceptors (Lipinski definition) is 5. The number of halogens is 1. The van der Waals surface area contributed by atoms with Crippen LogP contribution >= 0.6 is 0 Å². The summed E-state index contributed by atoms with van der Waals surface area (Å²) < 4.78 is 22.8. The van der Waals surface area contributed by atoms with E-state index >= 15 is 0 Å². The lowest BCUT2D eigenvalue weighted by Crippen LogP contribution is -2.44. The maximum Gasteiger partial charge on any atom is 0.165 e. The van der Waals surface area contributed by atoms with Crippen LogP contribution in [-0.4, -0.2) is 58.8 Å². The first-order valence-corrected chi connectivity index (χ1v) is 11.9. The molecule has 168 valence electrons. The maximum atomic E-state index is 14.8. The van der Waals surface area contributed by atoms with Gasteiger partial charge in [-0.1, -0.05) is 12.8 Å². The number of rotatable bonds is 0. The minimum atomic E-state index is -0.288. The zero-order valence-corrected chi connectivity index (χ0v) is 18.6. The van der Waals surface area contributed by atoms with Crippen molar-refractivity contribution in [2.45, 2.75) is 38.1 Å². The first-order chi connectivity index (χ1) is 15.7. The standard InChI is InChI=1S/C25H30FN5O/c1-29-11-12-30-15-18-4-2-3-17(18)5-6-19(30)16-32-20-7-8-23(26)21(13-20)22-14-27-31-10-9-24(29)28-25(22)31/h7-10,13-14,17-19H,2-6,11-12,15-16H2,1H3/t17?,18-,19?/m0/s1. The molecule has 3 aliphatic rings. The Morgan fingerprint density at radius 2 is 1.94 bits per heavy atom. The fourth-order valence-electron chi connectivity index (χ4n) is 5.88. The van der Waals surface area contributed by atoms with E-state index in [-0.39, 0.29) is 5.82 Å². The third-order valence-corrected chi connectivity index (χ3v) is 7.81. The van der Waals surface area contributed by atoms with E-state index in [4.69, 9.17) is 9.72 Å². The molecule has 6 nitrogen and oxygen atoms in total. The number of anilines is 1. The van der Waals surface area contributed by atoms with Gasteiger partial charge >= 0.3 is 0 Å². The van der Waals surface area contributed by atoms with Gasteiger partial charge < -0.3 is 9.64 Å². The highest BCUT2D eigenvalue weighted by atomic mass is 19.1. The van der Waals surface area contributed by atoms with Crippen LogP contribution < -0.4 is 9.64 Å². The Kier molecular flexibility index (Phi) is 5.01. The second kappa shape index (κ2) is 8.03. The normalized spacial score (nSPS) is 26.3. The Labute approximate surface area is 188 Å². The van der Waals surface area contributed by atoms with Crippen molar-refractivity contribution in [2.24, 2.45) is 11.8 Å². The summed E-state index contributed by atoms with van der Waals surface area (Å²) in [4.78, 5) is 9.70. The second-order valence-corrected chi connectivity index (χ2v) is 9.66. The summed E-state index contributed by atoms with van der Waals surface area (Å²) in [5, 5.41) is 4.39. The molecule has 3 aromatic rings. The predicted octanol–water partition coefficient (Wildman–Crippen LogP) is 4.24. The molecule has 2 unspecified atom stereocenters. The topological polar surface area (TPSA) is 45.9 Å². The summed E-state index contributed by atoms with van der Waals surface area (Å²) in [6, 6.07) is 7.39. The van der Waals surface area contributed by atoms with E-state index in [2.05, 4.69) is 21.9 Å². The van der Waals surface area contributed by atoms with Gasteiger partial charge in [0, 0.05) is 50.0 Å². The molecule has 0 amide bonds. The zero-order valence-electron chi connectivity index (χ0n) is 18.6. The summed E-state index contributed by atoms with van der Waals surface area (Å²) in [6.07, 6.45) is 10.2. The zero-order chi connectivity index (χ0) is 21.7. The highest BCUT2D eigenvalue weighted by Gasteiger charge is 2.35. The van der Waals surface area contributed by atoms with Crippen LogP contribution in [0, 0.1) is 17.7 Å². The molecule has 2 aliphatic heterocycles. The molecule has 2 fully saturated rings. The van der Waals surface area contributed by atoms with Gasteiger partial charge in [0.2, 0.25) is 0 Å². The van der Waals surface area contributed by atoms with Crippen molar-refractivity contribution in [3.05, 3.63) is 42.5 Å². The van der Waals surface area contributed by atoms with Crippen molar-refractivity contribution < 1.29 is 9.13 Å². The van der Waals surface area contributed by atoms with Gasteiger partial charge in [-0.25, -0.2) is 13.9 Å². The van der Waals surface area contributed by atoms with Gasteiger partial charge in [-0.3, -0.25) is 4.90 Å².